The number of carbonyl (C=O) groups excluding carboxylic acids is 1. The molecule has 0 aromatic rings. The molecule has 0 aromatic carbocycles. The maximum atomic E-state index is 11.3. The van der Waals surface area contributed by atoms with E-state index in [1.54, 1.807) is 4.90 Å². The lowest BCUT2D eigenvalue weighted by molar-refractivity contribution is -0.133. The summed E-state index contributed by atoms with van der Waals surface area (Å²) in [4.78, 5) is 13.0. The Morgan fingerprint density at radius 3 is 2.85 bits per heavy atom. The number of β-amino-alcohol motifs (C(OH)–C–C–N with tert-alkyl or cyclic N) is 1. The fourth-order valence-corrected chi connectivity index (χ4v) is 1.28. The van der Waals surface area contributed by atoms with Gasteiger partial charge in [-0.15, -0.1) is 0 Å². The number of piperazine rings is 1. The van der Waals surface area contributed by atoms with Crippen LogP contribution >= 0.6 is 0 Å². The standard InChI is InChI=1S/C9H18N2O2/c1-7(2)8(12)6-11-4-3-10-5-9(11)13/h7-8,10,12H,3-6H2,1-2H3. The van der Waals surface area contributed by atoms with Gasteiger partial charge in [-0.05, 0) is 5.92 Å². The van der Waals surface area contributed by atoms with Gasteiger partial charge < -0.3 is 15.3 Å². The number of aliphatic hydroxyl groups is 1. The van der Waals surface area contributed by atoms with Crippen LogP contribution in [0.1, 0.15) is 13.8 Å². The molecule has 1 fully saturated rings. The van der Waals surface area contributed by atoms with Crippen LogP contribution in [0.15, 0.2) is 0 Å². The van der Waals surface area contributed by atoms with E-state index in [0.29, 0.717) is 19.6 Å². The summed E-state index contributed by atoms with van der Waals surface area (Å²) in [6.07, 6.45) is -0.401. The fraction of sp³-hybridized carbons (Fsp3) is 0.889. The average Bonchev–Trinajstić information content (AvgIpc) is 2.08. The second kappa shape index (κ2) is 4.58. The molecule has 0 saturated carbocycles. The van der Waals surface area contributed by atoms with Crippen LogP contribution in [-0.4, -0.2) is 48.2 Å². The Balaban J connectivity index is 2.38. The van der Waals surface area contributed by atoms with Crippen molar-refractivity contribution in [2.45, 2.75) is 20.0 Å². The summed E-state index contributed by atoms with van der Waals surface area (Å²) in [5.41, 5.74) is 0. The van der Waals surface area contributed by atoms with Crippen molar-refractivity contribution in [3.05, 3.63) is 0 Å². The molecule has 0 spiro atoms. The Morgan fingerprint density at radius 2 is 2.31 bits per heavy atom. The molecule has 1 aliphatic heterocycles. The van der Waals surface area contributed by atoms with E-state index in [4.69, 9.17) is 0 Å². The first-order valence-corrected chi connectivity index (χ1v) is 4.78. The number of amides is 1. The van der Waals surface area contributed by atoms with Gasteiger partial charge in [-0.3, -0.25) is 4.79 Å². The summed E-state index contributed by atoms with van der Waals surface area (Å²) in [6.45, 7) is 6.33. The molecule has 4 nitrogen and oxygen atoms in total. The SMILES string of the molecule is CC(C)C(O)CN1CCNCC1=O. The van der Waals surface area contributed by atoms with Crippen LogP contribution in [0.25, 0.3) is 0 Å². The zero-order valence-corrected chi connectivity index (χ0v) is 8.29. The number of rotatable bonds is 3. The van der Waals surface area contributed by atoms with E-state index in [0.717, 1.165) is 6.54 Å². The van der Waals surface area contributed by atoms with Crippen LogP contribution in [0.5, 0.6) is 0 Å². The summed E-state index contributed by atoms with van der Waals surface area (Å²) >= 11 is 0. The number of carbonyl (C=O) groups is 1. The van der Waals surface area contributed by atoms with Crippen molar-refractivity contribution in [3.63, 3.8) is 0 Å². The van der Waals surface area contributed by atoms with Crippen LogP contribution < -0.4 is 5.32 Å². The zero-order chi connectivity index (χ0) is 9.84. The molecule has 1 amide bonds. The minimum Gasteiger partial charge on any atom is -0.391 e. The summed E-state index contributed by atoms with van der Waals surface area (Å²) < 4.78 is 0. The van der Waals surface area contributed by atoms with Crippen LogP contribution in [0, 0.1) is 5.92 Å². The molecule has 1 unspecified atom stereocenters. The zero-order valence-electron chi connectivity index (χ0n) is 8.29. The predicted molar refractivity (Wildman–Crippen MR) is 50.3 cm³/mol. The quantitative estimate of drug-likeness (QED) is 0.621. The molecule has 1 atom stereocenters. The van der Waals surface area contributed by atoms with Gasteiger partial charge in [0.2, 0.25) is 5.91 Å². The first-order valence-electron chi connectivity index (χ1n) is 4.78. The number of nitrogens with zero attached hydrogens (tertiary/aromatic N) is 1. The Kier molecular flexibility index (Phi) is 3.69. The summed E-state index contributed by atoms with van der Waals surface area (Å²) in [6, 6.07) is 0. The summed E-state index contributed by atoms with van der Waals surface area (Å²) in [5.74, 6) is 0.300. The van der Waals surface area contributed by atoms with Gasteiger partial charge >= 0.3 is 0 Å². The lowest BCUT2D eigenvalue weighted by Crippen LogP contribution is -2.51. The van der Waals surface area contributed by atoms with Crippen molar-refractivity contribution >= 4 is 5.91 Å². The van der Waals surface area contributed by atoms with Crippen LogP contribution in [0.3, 0.4) is 0 Å². The highest BCUT2D eigenvalue weighted by molar-refractivity contribution is 5.79. The van der Waals surface area contributed by atoms with Crippen molar-refractivity contribution in [2.24, 2.45) is 5.92 Å². The first kappa shape index (κ1) is 10.5. The van der Waals surface area contributed by atoms with Crippen molar-refractivity contribution in [2.75, 3.05) is 26.2 Å². The second-order valence-electron chi connectivity index (χ2n) is 3.83. The van der Waals surface area contributed by atoms with Gasteiger partial charge in [-0.2, -0.15) is 0 Å². The predicted octanol–water partition coefficient (Wildman–Crippen LogP) is -0.565. The van der Waals surface area contributed by atoms with Crippen molar-refractivity contribution < 1.29 is 9.90 Å². The van der Waals surface area contributed by atoms with Gasteiger partial charge in [-0.1, -0.05) is 13.8 Å². The highest BCUT2D eigenvalue weighted by Gasteiger charge is 2.21. The van der Waals surface area contributed by atoms with Crippen LogP contribution in [0.4, 0.5) is 0 Å². The Labute approximate surface area is 78.9 Å². The normalized spacial score (nSPS) is 20.9. The number of hydrogen-bond acceptors (Lipinski definition) is 3. The summed E-state index contributed by atoms with van der Waals surface area (Å²) in [7, 11) is 0. The number of hydrogen-bond donors (Lipinski definition) is 2. The highest BCUT2D eigenvalue weighted by Crippen LogP contribution is 2.04. The van der Waals surface area contributed by atoms with Crippen molar-refractivity contribution in [1.29, 1.82) is 0 Å². The van der Waals surface area contributed by atoms with Gasteiger partial charge in [-0.25, -0.2) is 0 Å². The lowest BCUT2D eigenvalue weighted by Gasteiger charge is -2.30. The topological polar surface area (TPSA) is 52.6 Å². The molecule has 1 heterocycles. The van der Waals surface area contributed by atoms with Crippen LogP contribution in [-0.2, 0) is 4.79 Å². The van der Waals surface area contributed by atoms with Crippen molar-refractivity contribution in [3.8, 4) is 0 Å². The molecule has 1 aliphatic rings. The maximum Gasteiger partial charge on any atom is 0.236 e. The Hall–Kier alpha value is -0.610. The molecule has 0 radical (unpaired) electrons. The minimum atomic E-state index is -0.401. The molecule has 1 rings (SSSR count). The third-order valence-corrected chi connectivity index (χ3v) is 2.36. The molecule has 1 saturated heterocycles. The van der Waals surface area contributed by atoms with E-state index < -0.39 is 6.10 Å². The largest absolute Gasteiger partial charge is 0.391 e. The van der Waals surface area contributed by atoms with E-state index in [9.17, 15) is 9.90 Å². The van der Waals surface area contributed by atoms with Crippen LogP contribution in [0.2, 0.25) is 0 Å². The van der Waals surface area contributed by atoms with Gasteiger partial charge in [0, 0.05) is 19.6 Å². The van der Waals surface area contributed by atoms with Gasteiger partial charge in [0.05, 0.1) is 12.6 Å². The van der Waals surface area contributed by atoms with Gasteiger partial charge in [0.1, 0.15) is 0 Å². The highest BCUT2D eigenvalue weighted by atomic mass is 16.3. The second-order valence-corrected chi connectivity index (χ2v) is 3.83. The van der Waals surface area contributed by atoms with E-state index in [1.807, 2.05) is 13.8 Å². The minimum absolute atomic E-state index is 0.0888. The molecule has 0 bridgehead atoms. The molecule has 76 valence electrons. The smallest absolute Gasteiger partial charge is 0.236 e. The third kappa shape index (κ3) is 2.97. The third-order valence-electron chi connectivity index (χ3n) is 2.36. The van der Waals surface area contributed by atoms with E-state index in [1.165, 1.54) is 0 Å². The molecule has 0 aliphatic carbocycles. The molecule has 4 heteroatoms. The van der Waals surface area contributed by atoms with E-state index >= 15 is 0 Å². The molecule has 0 aromatic heterocycles. The number of aliphatic hydroxyl groups excluding tert-OH is 1. The average molecular weight is 186 g/mol. The molecule has 2 N–H and O–H groups in total. The summed E-state index contributed by atoms with van der Waals surface area (Å²) in [5, 5.41) is 12.6. The number of nitrogens with one attached hydrogen (secondary N) is 1. The van der Waals surface area contributed by atoms with Gasteiger partial charge in [0.15, 0.2) is 0 Å². The Bertz CT molecular complexity index is 182. The van der Waals surface area contributed by atoms with E-state index in [2.05, 4.69) is 5.32 Å². The van der Waals surface area contributed by atoms with Crippen molar-refractivity contribution in [1.82, 2.24) is 10.2 Å². The molecular formula is C9H18N2O2. The monoisotopic (exact) mass is 186 g/mol. The Morgan fingerprint density at radius 1 is 1.62 bits per heavy atom. The van der Waals surface area contributed by atoms with E-state index in [-0.39, 0.29) is 11.8 Å². The fourth-order valence-electron chi connectivity index (χ4n) is 1.28. The molecule has 13 heavy (non-hydrogen) atoms. The van der Waals surface area contributed by atoms with Gasteiger partial charge in [0.25, 0.3) is 0 Å². The lowest BCUT2D eigenvalue weighted by atomic mass is 10.1. The maximum absolute atomic E-state index is 11.3. The first-order chi connectivity index (χ1) is 6.11. The molecular weight excluding hydrogens is 168 g/mol.